The first-order valence-electron chi connectivity index (χ1n) is 12.3. The molecule has 0 bridgehead atoms. The fourth-order valence-electron chi connectivity index (χ4n) is 5.57. The van der Waals surface area contributed by atoms with Gasteiger partial charge in [-0.2, -0.15) is 0 Å². The quantitative estimate of drug-likeness (QED) is 0.416. The number of piperazine rings is 1. The molecule has 0 N–H and O–H groups in total. The van der Waals surface area contributed by atoms with Gasteiger partial charge < -0.3 is 9.80 Å². The SMILES string of the molecule is Cc1ccc2nc(N3CCN(C(=O)c4cccs4)[C@@H](C)C3)n3c(C4CCCCC4)nnc3c2c1. The molecule has 8 heteroatoms. The van der Waals surface area contributed by atoms with Crippen molar-refractivity contribution in [2.45, 2.75) is 57.9 Å². The zero-order valence-electron chi connectivity index (χ0n) is 19.8. The van der Waals surface area contributed by atoms with E-state index in [0.29, 0.717) is 12.5 Å². The number of carbonyl (C=O) groups is 1. The highest BCUT2D eigenvalue weighted by molar-refractivity contribution is 7.12. The number of carbonyl (C=O) groups excluding carboxylic acids is 1. The van der Waals surface area contributed by atoms with Crippen molar-refractivity contribution >= 4 is 39.7 Å². The van der Waals surface area contributed by atoms with Gasteiger partial charge in [0.15, 0.2) is 5.65 Å². The normalized spacial score (nSPS) is 19.9. The second-order valence-electron chi connectivity index (χ2n) is 9.76. The lowest BCUT2D eigenvalue weighted by Gasteiger charge is -2.40. The number of hydrogen-bond donors (Lipinski definition) is 0. The van der Waals surface area contributed by atoms with Crippen molar-refractivity contribution in [3.63, 3.8) is 0 Å². The predicted molar refractivity (Wildman–Crippen MR) is 136 cm³/mol. The molecule has 6 rings (SSSR count). The van der Waals surface area contributed by atoms with Gasteiger partial charge >= 0.3 is 0 Å². The molecular weight excluding hydrogens is 444 g/mol. The van der Waals surface area contributed by atoms with Crippen molar-refractivity contribution in [1.82, 2.24) is 24.5 Å². The molecule has 34 heavy (non-hydrogen) atoms. The Kier molecular flexibility index (Phi) is 5.48. The van der Waals surface area contributed by atoms with Crippen molar-refractivity contribution in [1.29, 1.82) is 0 Å². The van der Waals surface area contributed by atoms with Gasteiger partial charge in [0.25, 0.3) is 5.91 Å². The van der Waals surface area contributed by atoms with Crippen molar-refractivity contribution in [2.75, 3.05) is 24.5 Å². The minimum atomic E-state index is 0.0866. The number of anilines is 1. The topological polar surface area (TPSA) is 66.6 Å². The van der Waals surface area contributed by atoms with Crippen LogP contribution in [-0.2, 0) is 0 Å². The highest BCUT2D eigenvalue weighted by atomic mass is 32.1. The molecule has 1 saturated carbocycles. The molecule has 176 valence electrons. The van der Waals surface area contributed by atoms with E-state index in [1.54, 1.807) is 0 Å². The van der Waals surface area contributed by atoms with Crippen molar-refractivity contribution < 1.29 is 4.79 Å². The summed E-state index contributed by atoms with van der Waals surface area (Å²) in [5.74, 6) is 2.50. The van der Waals surface area contributed by atoms with Gasteiger partial charge in [-0.3, -0.25) is 4.79 Å². The number of benzene rings is 1. The van der Waals surface area contributed by atoms with Gasteiger partial charge in [-0.25, -0.2) is 9.38 Å². The molecule has 1 saturated heterocycles. The Balaban J connectivity index is 1.41. The molecule has 3 aromatic heterocycles. The molecule has 2 aliphatic rings. The van der Waals surface area contributed by atoms with Crippen LogP contribution in [0.4, 0.5) is 5.95 Å². The Hall–Kier alpha value is -3.00. The molecule has 1 aliphatic heterocycles. The lowest BCUT2D eigenvalue weighted by atomic mass is 9.89. The average molecular weight is 475 g/mol. The largest absolute Gasteiger partial charge is 0.338 e. The van der Waals surface area contributed by atoms with Crippen LogP contribution in [0.1, 0.15) is 66.0 Å². The van der Waals surface area contributed by atoms with E-state index in [1.165, 1.54) is 36.2 Å². The number of nitrogens with zero attached hydrogens (tertiary/aromatic N) is 6. The number of hydrogen-bond acceptors (Lipinski definition) is 6. The maximum atomic E-state index is 13.0. The van der Waals surface area contributed by atoms with Gasteiger partial charge in [-0.1, -0.05) is 37.0 Å². The van der Waals surface area contributed by atoms with Crippen LogP contribution >= 0.6 is 11.3 Å². The summed E-state index contributed by atoms with van der Waals surface area (Å²) in [6.45, 7) is 6.39. The van der Waals surface area contributed by atoms with Crippen LogP contribution in [0.15, 0.2) is 35.7 Å². The van der Waals surface area contributed by atoms with E-state index in [-0.39, 0.29) is 11.9 Å². The summed E-state index contributed by atoms with van der Waals surface area (Å²) in [6.07, 6.45) is 6.11. The van der Waals surface area contributed by atoms with Crippen molar-refractivity contribution in [3.05, 3.63) is 52.0 Å². The zero-order valence-corrected chi connectivity index (χ0v) is 20.6. The van der Waals surface area contributed by atoms with Crippen molar-refractivity contribution in [3.8, 4) is 0 Å². The van der Waals surface area contributed by atoms with E-state index in [2.05, 4.69) is 41.3 Å². The summed E-state index contributed by atoms with van der Waals surface area (Å²) in [5.41, 5.74) is 3.04. The van der Waals surface area contributed by atoms with Gasteiger partial charge in [0.2, 0.25) is 5.95 Å². The monoisotopic (exact) mass is 474 g/mol. The smallest absolute Gasteiger partial charge is 0.264 e. The third-order valence-electron chi connectivity index (χ3n) is 7.37. The van der Waals surface area contributed by atoms with Crippen LogP contribution in [0.2, 0.25) is 0 Å². The third kappa shape index (κ3) is 3.64. The molecule has 1 atom stereocenters. The Bertz CT molecular complexity index is 1340. The molecule has 1 amide bonds. The maximum Gasteiger partial charge on any atom is 0.264 e. The molecule has 0 unspecified atom stereocenters. The molecule has 1 aliphatic carbocycles. The Morgan fingerprint density at radius 1 is 1.09 bits per heavy atom. The molecule has 7 nitrogen and oxygen atoms in total. The number of aryl methyl sites for hydroxylation is 1. The van der Waals surface area contributed by atoms with Crippen LogP contribution in [0, 0.1) is 6.92 Å². The van der Waals surface area contributed by atoms with Gasteiger partial charge in [0.05, 0.1) is 10.4 Å². The van der Waals surface area contributed by atoms with E-state index in [0.717, 1.165) is 59.1 Å². The van der Waals surface area contributed by atoms with Crippen molar-refractivity contribution in [2.24, 2.45) is 0 Å². The molecule has 4 aromatic rings. The van der Waals surface area contributed by atoms with Crippen LogP contribution < -0.4 is 4.90 Å². The maximum absolute atomic E-state index is 13.0. The first kappa shape index (κ1) is 21.5. The Morgan fingerprint density at radius 3 is 2.71 bits per heavy atom. The zero-order chi connectivity index (χ0) is 23.2. The van der Waals surface area contributed by atoms with Gasteiger partial charge in [-0.15, -0.1) is 21.5 Å². The number of fused-ring (bicyclic) bond motifs is 3. The molecule has 0 radical (unpaired) electrons. The summed E-state index contributed by atoms with van der Waals surface area (Å²) in [4.78, 5) is 23.3. The minimum absolute atomic E-state index is 0.0866. The lowest BCUT2D eigenvalue weighted by Crippen LogP contribution is -2.54. The number of aromatic nitrogens is 4. The Labute approximate surface area is 203 Å². The third-order valence-corrected chi connectivity index (χ3v) is 8.23. The summed E-state index contributed by atoms with van der Waals surface area (Å²) >= 11 is 1.51. The number of thiophene rings is 1. The highest BCUT2D eigenvalue weighted by Gasteiger charge is 2.32. The fourth-order valence-corrected chi connectivity index (χ4v) is 6.25. The molecule has 4 heterocycles. The number of amides is 1. The second kappa shape index (κ2) is 8.65. The molecular formula is C26H30N6OS. The van der Waals surface area contributed by atoms with Crippen LogP contribution in [0.25, 0.3) is 16.6 Å². The molecule has 2 fully saturated rings. The van der Waals surface area contributed by atoms with E-state index in [4.69, 9.17) is 15.2 Å². The van der Waals surface area contributed by atoms with Gasteiger partial charge in [0.1, 0.15) is 5.82 Å². The van der Waals surface area contributed by atoms with Crippen LogP contribution in [-0.4, -0.2) is 56.1 Å². The highest BCUT2D eigenvalue weighted by Crippen LogP contribution is 2.35. The summed E-state index contributed by atoms with van der Waals surface area (Å²) in [6, 6.07) is 10.3. The number of rotatable bonds is 3. The summed E-state index contributed by atoms with van der Waals surface area (Å²) in [5, 5.41) is 12.4. The van der Waals surface area contributed by atoms with Crippen LogP contribution in [0.5, 0.6) is 0 Å². The van der Waals surface area contributed by atoms with E-state index < -0.39 is 0 Å². The molecule has 0 spiro atoms. The molecule has 1 aromatic carbocycles. The van der Waals surface area contributed by atoms with E-state index in [1.807, 2.05) is 22.4 Å². The lowest BCUT2D eigenvalue weighted by molar-refractivity contribution is 0.0678. The fraction of sp³-hybridized carbons (Fsp3) is 0.462. The van der Waals surface area contributed by atoms with E-state index >= 15 is 0 Å². The van der Waals surface area contributed by atoms with E-state index in [9.17, 15) is 4.79 Å². The van der Waals surface area contributed by atoms with Crippen LogP contribution in [0.3, 0.4) is 0 Å². The summed E-state index contributed by atoms with van der Waals surface area (Å²) < 4.78 is 2.22. The van der Waals surface area contributed by atoms with Gasteiger partial charge in [-0.05, 0) is 50.3 Å². The van der Waals surface area contributed by atoms with Gasteiger partial charge in [0, 0.05) is 37.0 Å². The average Bonchev–Trinajstić information content (AvgIpc) is 3.55. The second-order valence-corrected chi connectivity index (χ2v) is 10.7. The minimum Gasteiger partial charge on any atom is -0.338 e. The first-order valence-corrected chi connectivity index (χ1v) is 13.2. The predicted octanol–water partition coefficient (Wildman–Crippen LogP) is 5.05. The summed E-state index contributed by atoms with van der Waals surface area (Å²) in [7, 11) is 0. The first-order chi connectivity index (χ1) is 16.6. The standard InChI is InChI=1S/C26H30N6OS/c1-17-10-11-21-20(15-17)24-29-28-23(19-7-4-3-5-8-19)32(24)26(27-21)30-12-13-31(18(2)16-30)25(33)22-9-6-14-34-22/h6,9-11,14-15,18-19H,3-5,7-8,12-13,16H2,1-2H3/t18-/m0/s1. The Morgan fingerprint density at radius 2 is 1.94 bits per heavy atom.